The number of aromatic amines is 1. The average molecular weight is 372 g/mol. The summed E-state index contributed by atoms with van der Waals surface area (Å²) in [4.78, 5) is 21.9. The summed E-state index contributed by atoms with van der Waals surface area (Å²) in [5, 5.41) is 7.26. The fraction of sp³-hybridized carbons (Fsp3) is 0.250. The predicted molar refractivity (Wildman–Crippen MR) is 93.5 cm³/mol. The molecule has 1 aliphatic heterocycles. The number of rotatable bonds is 6. The van der Waals surface area contributed by atoms with Crippen LogP contribution in [0.2, 0.25) is 0 Å². The Hall–Kier alpha value is -2.85. The second kappa shape index (κ2) is 6.81. The summed E-state index contributed by atoms with van der Waals surface area (Å²) >= 11 is 0. The van der Waals surface area contributed by atoms with Crippen molar-refractivity contribution in [2.45, 2.75) is 17.9 Å². The van der Waals surface area contributed by atoms with E-state index in [0.29, 0.717) is 41.9 Å². The first-order valence-electron chi connectivity index (χ1n) is 7.95. The molecular weight excluding hydrogens is 356 g/mol. The number of carbonyl (C=O) groups excluding carboxylic acids is 1. The lowest BCUT2D eigenvalue weighted by molar-refractivity contribution is -0.105. The van der Waals surface area contributed by atoms with E-state index in [1.165, 1.54) is 6.33 Å². The van der Waals surface area contributed by atoms with Crippen LogP contribution in [0.3, 0.4) is 0 Å². The number of benzene rings is 1. The van der Waals surface area contributed by atoms with Crippen molar-refractivity contribution < 1.29 is 13.5 Å². The molecule has 0 radical (unpaired) electrons. The van der Waals surface area contributed by atoms with Gasteiger partial charge in [0.05, 0.1) is 18.4 Å². The number of hydrogen-bond acceptors (Lipinski definition) is 6. The SMILES string of the molecule is Cc1ccc(-c2noc(C3CN(S(=O)c4cnc[nH]4)C3)n2)cc1NC=O. The first-order chi connectivity index (χ1) is 12.7. The molecule has 1 saturated heterocycles. The molecule has 1 unspecified atom stereocenters. The third-order valence-corrected chi connectivity index (χ3v) is 5.61. The summed E-state index contributed by atoms with van der Waals surface area (Å²) in [7, 11) is -1.26. The Balaban J connectivity index is 1.45. The van der Waals surface area contributed by atoms with Gasteiger partial charge >= 0.3 is 0 Å². The maximum Gasteiger partial charge on any atom is 0.232 e. The van der Waals surface area contributed by atoms with E-state index in [1.807, 2.05) is 19.1 Å². The van der Waals surface area contributed by atoms with Crippen molar-refractivity contribution in [2.24, 2.45) is 0 Å². The van der Waals surface area contributed by atoms with Crippen LogP contribution in [-0.4, -0.2) is 48.1 Å². The molecule has 1 aliphatic rings. The Labute approximate surface area is 151 Å². The third-order valence-electron chi connectivity index (χ3n) is 4.24. The van der Waals surface area contributed by atoms with Crippen LogP contribution in [0.15, 0.2) is 40.3 Å². The zero-order chi connectivity index (χ0) is 18.1. The van der Waals surface area contributed by atoms with Crippen LogP contribution in [0.1, 0.15) is 17.4 Å². The fourth-order valence-corrected chi connectivity index (χ4v) is 3.92. The van der Waals surface area contributed by atoms with Crippen LogP contribution in [0, 0.1) is 6.92 Å². The van der Waals surface area contributed by atoms with Crippen molar-refractivity contribution in [3.05, 3.63) is 42.2 Å². The van der Waals surface area contributed by atoms with Crippen LogP contribution < -0.4 is 5.32 Å². The van der Waals surface area contributed by atoms with E-state index in [4.69, 9.17) is 4.52 Å². The monoisotopic (exact) mass is 372 g/mol. The van der Waals surface area contributed by atoms with Crippen molar-refractivity contribution in [3.63, 3.8) is 0 Å². The molecule has 0 aliphatic carbocycles. The van der Waals surface area contributed by atoms with E-state index < -0.39 is 11.0 Å². The van der Waals surface area contributed by atoms with Crippen LogP contribution >= 0.6 is 0 Å². The number of aryl methyl sites for hydroxylation is 1. The first kappa shape index (κ1) is 16.6. The Kier molecular flexibility index (Phi) is 4.35. The number of hydrogen-bond donors (Lipinski definition) is 2. The number of anilines is 1. The average Bonchev–Trinajstić information content (AvgIpc) is 3.27. The van der Waals surface area contributed by atoms with Crippen LogP contribution in [0.4, 0.5) is 5.69 Å². The van der Waals surface area contributed by atoms with E-state index in [1.54, 1.807) is 16.6 Å². The molecule has 2 aromatic heterocycles. The van der Waals surface area contributed by atoms with Gasteiger partial charge in [0.2, 0.25) is 18.1 Å². The highest BCUT2D eigenvalue weighted by Gasteiger charge is 2.36. The van der Waals surface area contributed by atoms with E-state index in [9.17, 15) is 9.00 Å². The zero-order valence-corrected chi connectivity index (χ0v) is 14.7. The van der Waals surface area contributed by atoms with Gasteiger partial charge in [-0.1, -0.05) is 17.3 Å². The highest BCUT2D eigenvalue weighted by atomic mass is 32.2. The zero-order valence-electron chi connectivity index (χ0n) is 13.9. The third kappa shape index (κ3) is 3.04. The summed E-state index contributed by atoms with van der Waals surface area (Å²) in [6.07, 6.45) is 3.69. The Morgan fingerprint density at radius 1 is 1.42 bits per heavy atom. The molecule has 9 nitrogen and oxygen atoms in total. The summed E-state index contributed by atoms with van der Waals surface area (Å²) in [6, 6.07) is 5.56. The number of amides is 1. The van der Waals surface area contributed by atoms with Crippen molar-refractivity contribution in [3.8, 4) is 11.4 Å². The van der Waals surface area contributed by atoms with Gasteiger partial charge in [0, 0.05) is 24.3 Å². The summed E-state index contributed by atoms with van der Waals surface area (Å²) < 4.78 is 19.5. The van der Waals surface area contributed by atoms with E-state index in [-0.39, 0.29) is 5.92 Å². The summed E-state index contributed by atoms with van der Waals surface area (Å²) in [5.74, 6) is 1.02. The van der Waals surface area contributed by atoms with Crippen LogP contribution in [0.25, 0.3) is 11.4 Å². The van der Waals surface area contributed by atoms with Gasteiger partial charge in [0.25, 0.3) is 0 Å². The van der Waals surface area contributed by atoms with Gasteiger partial charge in [-0.3, -0.25) is 4.79 Å². The second-order valence-corrected chi connectivity index (χ2v) is 7.41. The highest BCUT2D eigenvalue weighted by Crippen LogP contribution is 2.30. The molecule has 10 heteroatoms. The molecule has 1 amide bonds. The van der Waals surface area contributed by atoms with Gasteiger partial charge in [-0.15, -0.1) is 0 Å². The minimum atomic E-state index is -1.26. The molecule has 0 spiro atoms. The number of nitrogens with zero attached hydrogens (tertiary/aromatic N) is 4. The molecule has 0 bridgehead atoms. The minimum absolute atomic E-state index is 0.0427. The number of aromatic nitrogens is 4. The second-order valence-electron chi connectivity index (χ2n) is 5.96. The molecule has 4 rings (SSSR count). The molecule has 3 heterocycles. The topological polar surface area (TPSA) is 117 Å². The Morgan fingerprint density at radius 2 is 2.27 bits per heavy atom. The smallest absolute Gasteiger partial charge is 0.232 e. The van der Waals surface area contributed by atoms with Crippen molar-refractivity contribution >= 4 is 23.1 Å². The highest BCUT2D eigenvalue weighted by molar-refractivity contribution is 7.82. The number of imidazole rings is 1. The molecule has 1 atom stereocenters. The first-order valence-corrected chi connectivity index (χ1v) is 9.06. The minimum Gasteiger partial charge on any atom is -0.339 e. The summed E-state index contributed by atoms with van der Waals surface area (Å²) in [6.45, 7) is 3.04. The van der Waals surface area contributed by atoms with E-state index >= 15 is 0 Å². The van der Waals surface area contributed by atoms with Gasteiger partial charge in [0.1, 0.15) is 16.0 Å². The lowest BCUT2D eigenvalue weighted by atomic mass is 10.0. The fourth-order valence-electron chi connectivity index (χ4n) is 2.71. The van der Waals surface area contributed by atoms with Gasteiger partial charge in [-0.2, -0.15) is 4.98 Å². The maximum absolute atomic E-state index is 12.3. The lowest BCUT2D eigenvalue weighted by Gasteiger charge is -2.34. The van der Waals surface area contributed by atoms with E-state index in [2.05, 4.69) is 25.4 Å². The Morgan fingerprint density at radius 3 is 3.00 bits per heavy atom. The predicted octanol–water partition coefficient (Wildman–Crippen LogP) is 1.46. The van der Waals surface area contributed by atoms with Gasteiger partial charge in [0.15, 0.2) is 0 Å². The number of nitrogens with one attached hydrogen (secondary N) is 2. The van der Waals surface area contributed by atoms with Crippen LogP contribution in [0.5, 0.6) is 0 Å². The molecule has 1 aromatic carbocycles. The standard InChI is InChI=1S/C16H16N6O3S/c1-10-2-3-11(4-13(10)19-9-23)15-20-16(25-21-15)12-6-22(7-12)26(24)14-5-17-8-18-14/h2-5,8-9,12H,6-7H2,1H3,(H,17,18)(H,19,23). The molecule has 3 aromatic rings. The van der Waals surface area contributed by atoms with Crippen molar-refractivity contribution in [1.82, 2.24) is 24.4 Å². The number of carbonyl (C=O) groups is 1. The molecule has 2 N–H and O–H groups in total. The maximum atomic E-state index is 12.3. The van der Waals surface area contributed by atoms with Gasteiger partial charge in [-0.25, -0.2) is 13.5 Å². The molecule has 26 heavy (non-hydrogen) atoms. The van der Waals surface area contributed by atoms with Crippen LogP contribution in [-0.2, 0) is 15.8 Å². The van der Waals surface area contributed by atoms with Crippen molar-refractivity contribution in [1.29, 1.82) is 0 Å². The largest absolute Gasteiger partial charge is 0.339 e. The molecule has 134 valence electrons. The molecule has 0 saturated carbocycles. The number of H-pyrrole nitrogens is 1. The quantitative estimate of drug-likeness (QED) is 0.633. The van der Waals surface area contributed by atoms with Gasteiger partial charge < -0.3 is 14.8 Å². The molecular formula is C16H16N6O3S. The summed E-state index contributed by atoms with van der Waals surface area (Å²) in [5.41, 5.74) is 2.40. The van der Waals surface area contributed by atoms with Gasteiger partial charge in [-0.05, 0) is 18.6 Å². The lowest BCUT2D eigenvalue weighted by Crippen LogP contribution is -2.45. The van der Waals surface area contributed by atoms with E-state index in [0.717, 1.165) is 11.1 Å². The molecule has 1 fully saturated rings. The normalized spacial score (nSPS) is 16.2. The van der Waals surface area contributed by atoms with Crippen molar-refractivity contribution in [2.75, 3.05) is 18.4 Å². The Bertz CT molecular complexity index is 949.